The van der Waals surface area contributed by atoms with Crippen molar-refractivity contribution in [2.24, 2.45) is 0 Å². The molecule has 0 atom stereocenters. The molecule has 0 aliphatic heterocycles. The molecule has 0 aliphatic rings. The van der Waals surface area contributed by atoms with Crippen LogP contribution >= 0.6 is 0 Å². The van der Waals surface area contributed by atoms with Gasteiger partial charge in [-0.1, -0.05) is 18.2 Å². The predicted molar refractivity (Wildman–Crippen MR) is 70.2 cm³/mol. The Morgan fingerprint density at radius 3 is 2.67 bits per heavy atom. The Bertz CT molecular complexity index is 637. The smallest absolute Gasteiger partial charge is 0.226 e. The number of benzene rings is 1. The molecule has 0 unspecified atom stereocenters. The van der Waals surface area contributed by atoms with Crippen molar-refractivity contribution in [3.05, 3.63) is 66.3 Å². The standard InChI is InChI=1S/C15H14N2O/c1-12-6-5-9-17(12)10-14-11-18-15(16-14)13-7-3-2-4-8-13/h2-9,11H,10H2,1H3. The van der Waals surface area contributed by atoms with E-state index in [1.165, 1.54) is 5.69 Å². The summed E-state index contributed by atoms with van der Waals surface area (Å²) >= 11 is 0. The van der Waals surface area contributed by atoms with Gasteiger partial charge in [0.05, 0.1) is 12.2 Å². The molecule has 0 radical (unpaired) electrons. The third-order valence-electron chi connectivity index (χ3n) is 2.96. The predicted octanol–water partition coefficient (Wildman–Crippen LogP) is 3.50. The first kappa shape index (κ1) is 10.8. The van der Waals surface area contributed by atoms with E-state index in [1.807, 2.05) is 42.6 Å². The number of hydrogen-bond acceptors (Lipinski definition) is 2. The first-order chi connectivity index (χ1) is 8.83. The molecule has 0 N–H and O–H groups in total. The van der Waals surface area contributed by atoms with Crippen LogP contribution in [-0.2, 0) is 6.54 Å². The number of aryl methyl sites for hydroxylation is 1. The first-order valence-corrected chi connectivity index (χ1v) is 5.94. The summed E-state index contributed by atoms with van der Waals surface area (Å²) in [5.41, 5.74) is 3.17. The molecule has 0 spiro atoms. The van der Waals surface area contributed by atoms with Crippen LogP contribution in [0.1, 0.15) is 11.4 Å². The molecule has 18 heavy (non-hydrogen) atoms. The Hall–Kier alpha value is -2.29. The summed E-state index contributed by atoms with van der Waals surface area (Å²) in [6, 6.07) is 14.1. The van der Waals surface area contributed by atoms with Gasteiger partial charge >= 0.3 is 0 Å². The molecule has 1 aromatic carbocycles. The highest BCUT2D eigenvalue weighted by molar-refractivity contribution is 5.52. The highest BCUT2D eigenvalue weighted by Gasteiger charge is 2.06. The lowest BCUT2D eigenvalue weighted by atomic mass is 10.2. The second-order valence-electron chi connectivity index (χ2n) is 4.29. The molecule has 90 valence electrons. The largest absolute Gasteiger partial charge is 0.444 e. The van der Waals surface area contributed by atoms with Crippen molar-refractivity contribution in [3.63, 3.8) is 0 Å². The van der Waals surface area contributed by atoms with E-state index in [-0.39, 0.29) is 0 Å². The van der Waals surface area contributed by atoms with Gasteiger partial charge in [-0.3, -0.25) is 0 Å². The summed E-state index contributed by atoms with van der Waals surface area (Å²) in [5.74, 6) is 0.676. The van der Waals surface area contributed by atoms with Crippen molar-refractivity contribution in [2.45, 2.75) is 13.5 Å². The second-order valence-corrected chi connectivity index (χ2v) is 4.29. The van der Waals surface area contributed by atoms with Gasteiger partial charge in [-0.25, -0.2) is 4.98 Å². The maximum atomic E-state index is 5.51. The highest BCUT2D eigenvalue weighted by atomic mass is 16.3. The number of rotatable bonds is 3. The van der Waals surface area contributed by atoms with Crippen LogP contribution in [0.4, 0.5) is 0 Å². The average molecular weight is 238 g/mol. The van der Waals surface area contributed by atoms with E-state index in [0.29, 0.717) is 5.89 Å². The topological polar surface area (TPSA) is 31.0 Å². The lowest BCUT2D eigenvalue weighted by Crippen LogP contribution is -1.99. The monoisotopic (exact) mass is 238 g/mol. The lowest BCUT2D eigenvalue weighted by Gasteiger charge is -2.01. The van der Waals surface area contributed by atoms with Gasteiger partial charge in [0.15, 0.2) is 0 Å². The van der Waals surface area contributed by atoms with E-state index in [4.69, 9.17) is 4.42 Å². The molecule has 0 saturated carbocycles. The van der Waals surface area contributed by atoms with Crippen molar-refractivity contribution in [2.75, 3.05) is 0 Å². The second kappa shape index (κ2) is 4.53. The molecule has 0 saturated heterocycles. The van der Waals surface area contributed by atoms with E-state index in [9.17, 15) is 0 Å². The fourth-order valence-corrected chi connectivity index (χ4v) is 1.94. The fourth-order valence-electron chi connectivity index (χ4n) is 1.94. The van der Waals surface area contributed by atoms with Crippen LogP contribution in [0, 0.1) is 6.92 Å². The molecule has 2 aromatic heterocycles. The van der Waals surface area contributed by atoms with Gasteiger partial charge in [0.2, 0.25) is 5.89 Å². The lowest BCUT2D eigenvalue weighted by molar-refractivity contribution is 0.571. The van der Waals surface area contributed by atoms with Crippen molar-refractivity contribution in [1.82, 2.24) is 9.55 Å². The maximum Gasteiger partial charge on any atom is 0.226 e. The van der Waals surface area contributed by atoms with Crippen molar-refractivity contribution < 1.29 is 4.42 Å². The molecule has 0 fully saturated rings. The van der Waals surface area contributed by atoms with Crippen molar-refractivity contribution in [3.8, 4) is 11.5 Å². The van der Waals surface area contributed by atoms with Crippen LogP contribution in [0.3, 0.4) is 0 Å². The van der Waals surface area contributed by atoms with E-state index < -0.39 is 0 Å². The van der Waals surface area contributed by atoms with Crippen LogP contribution in [-0.4, -0.2) is 9.55 Å². The summed E-state index contributed by atoms with van der Waals surface area (Å²) in [6.45, 7) is 2.83. The average Bonchev–Trinajstić information content (AvgIpc) is 3.02. The van der Waals surface area contributed by atoms with Gasteiger partial charge in [-0.15, -0.1) is 0 Å². The third-order valence-corrected chi connectivity index (χ3v) is 2.96. The summed E-state index contributed by atoms with van der Waals surface area (Å²) in [4.78, 5) is 4.51. The van der Waals surface area contributed by atoms with Crippen LogP contribution in [0.25, 0.3) is 11.5 Å². The van der Waals surface area contributed by atoms with E-state index in [0.717, 1.165) is 17.8 Å². The summed E-state index contributed by atoms with van der Waals surface area (Å²) in [6.07, 6.45) is 3.77. The van der Waals surface area contributed by atoms with Gasteiger partial charge < -0.3 is 8.98 Å². The molecule has 3 heteroatoms. The summed E-state index contributed by atoms with van der Waals surface area (Å²) in [7, 11) is 0. The first-order valence-electron chi connectivity index (χ1n) is 5.94. The van der Waals surface area contributed by atoms with Gasteiger partial charge in [0, 0.05) is 17.5 Å². The zero-order valence-corrected chi connectivity index (χ0v) is 10.2. The molecule has 3 rings (SSSR count). The number of hydrogen-bond donors (Lipinski definition) is 0. The zero-order valence-electron chi connectivity index (χ0n) is 10.2. The van der Waals surface area contributed by atoms with Gasteiger partial charge in [0.25, 0.3) is 0 Å². The normalized spacial score (nSPS) is 10.7. The maximum absolute atomic E-state index is 5.51. The molecule has 0 bridgehead atoms. The number of aromatic nitrogens is 2. The minimum Gasteiger partial charge on any atom is -0.444 e. The summed E-state index contributed by atoms with van der Waals surface area (Å²) < 4.78 is 7.66. The van der Waals surface area contributed by atoms with E-state index >= 15 is 0 Å². The molecule has 0 aliphatic carbocycles. The van der Waals surface area contributed by atoms with E-state index in [1.54, 1.807) is 6.26 Å². The molecule has 3 aromatic rings. The van der Waals surface area contributed by atoms with Gasteiger partial charge in [-0.2, -0.15) is 0 Å². The van der Waals surface area contributed by atoms with Crippen molar-refractivity contribution >= 4 is 0 Å². The highest BCUT2D eigenvalue weighted by Crippen LogP contribution is 2.18. The molecule has 3 nitrogen and oxygen atoms in total. The molecule has 0 amide bonds. The van der Waals surface area contributed by atoms with Crippen molar-refractivity contribution in [1.29, 1.82) is 0 Å². The Balaban J connectivity index is 1.84. The quantitative estimate of drug-likeness (QED) is 0.699. The number of oxazole rings is 1. The molecular formula is C15H14N2O. The van der Waals surface area contributed by atoms with Crippen LogP contribution in [0.5, 0.6) is 0 Å². The SMILES string of the molecule is Cc1cccn1Cc1coc(-c2ccccc2)n1. The minimum absolute atomic E-state index is 0.676. The van der Waals surface area contributed by atoms with Gasteiger partial charge in [0.1, 0.15) is 6.26 Å². The van der Waals surface area contributed by atoms with Crippen LogP contribution in [0.15, 0.2) is 59.3 Å². The Labute approximate surface area is 106 Å². The third kappa shape index (κ3) is 2.07. The fraction of sp³-hybridized carbons (Fsp3) is 0.133. The van der Waals surface area contributed by atoms with Crippen LogP contribution < -0.4 is 0 Å². The Morgan fingerprint density at radius 1 is 1.11 bits per heavy atom. The zero-order chi connectivity index (χ0) is 12.4. The Kier molecular flexibility index (Phi) is 2.73. The minimum atomic E-state index is 0.676. The van der Waals surface area contributed by atoms with E-state index in [2.05, 4.69) is 22.5 Å². The molecular weight excluding hydrogens is 224 g/mol. The summed E-state index contributed by atoms with van der Waals surface area (Å²) in [5, 5.41) is 0. The molecule has 2 heterocycles. The number of nitrogens with zero attached hydrogens (tertiary/aromatic N) is 2. The van der Waals surface area contributed by atoms with Crippen LogP contribution in [0.2, 0.25) is 0 Å². The Morgan fingerprint density at radius 2 is 1.94 bits per heavy atom. The van der Waals surface area contributed by atoms with Gasteiger partial charge in [-0.05, 0) is 31.2 Å².